The van der Waals surface area contributed by atoms with E-state index in [-0.39, 0.29) is 0 Å². The van der Waals surface area contributed by atoms with Gasteiger partial charge in [0, 0.05) is 31.5 Å². The van der Waals surface area contributed by atoms with E-state index in [2.05, 4.69) is 26.0 Å². The number of hydrogen-bond donors (Lipinski definition) is 1. The van der Waals surface area contributed by atoms with Crippen LogP contribution in [0.4, 0.5) is 0 Å². The predicted molar refractivity (Wildman–Crippen MR) is 77.0 cm³/mol. The third-order valence-corrected chi connectivity index (χ3v) is 4.51. The van der Waals surface area contributed by atoms with Crippen molar-refractivity contribution in [2.45, 2.75) is 57.7 Å². The normalized spacial score (nSPS) is 21.5. The fourth-order valence-electron chi connectivity index (χ4n) is 3.33. The Morgan fingerprint density at radius 3 is 3.00 bits per heavy atom. The molecule has 0 saturated heterocycles. The summed E-state index contributed by atoms with van der Waals surface area (Å²) in [4.78, 5) is 6.95. The van der Waals surface area contributed by atoms with E-state index in [1.165, 1.54) is 64.0 Å². The molecule has 1 saturated carbocycles. The van der Waals surface area contributed by atoms with Gasteiger partial charge >= 0.3 is 0 Å². The van der Waals surface area contributed by atoms with Crippen molar-refractivity contribution in [3.63, 3.8) is 0 Å². The standard InChI is InChI=1S/C15H26N4/c1-2-5-14(6-3-1)16-7-4-9-18-11-12-19-10-8-17-15(19)13-18/h8,10,14,16H,1-7,9,11-13H2. The second kappa shape index (κ2) is 6.53. The Labute approximate surface area is 116 Å². The number of imidazole rings is 1. The number of fused-ring (bicyclic) bond motifs is 1. The van der Waals surface area contributed by atoms with Gasteiger partial charge in [-0.15, -0.1) is 0 Å². The molecule has 0 unspecified atom stereocenters. The lowest BCUT2D eigenvalue weighted by Gasteiger charge is -2.28. The Hall–Kier alpha value is -0.870. The van der Waals surface area contributed by atoms with E-state index in [1.54, 1.807) is 0 Å². The zero-order chi connectivity index (χ0) is 12.9. The second-order valence-corrected chi connectivity index (χ2v) is 5.96. The quantitative estimate of drug-likeness (QED) is 0.824. The third-order valence-electron chi connectivity index (χ3n) is 4.51. The van der Waals surface area contributed by atoms with Gasteiger partial charge in [0.2, 0.25) is 0 Å². The molecule has 0 amide bonds. The first-order valence-electron chi connectivity index (χ1n) is 7.87. The van der Waals surface area contributed by atoms with Crippen LogP contribution in [0.5, 0.6) is 0 Å². The van der Waals surface area contributed by atoms with Crippen molar-refractivity contribution in [3.8, 4) is 0 Å². The molecule has 2 aliphatic rings. The van der Waals surface area contributed by atoms with Crippen LogP contribution in [0.15, 0.2) is 12.4 Å². The topological polar surface area (TPSA) is 33.1 Å². The van der Waals surface area contributed by atoms with Gasteiger partial charge in [-0.25, -0.2) is 4.98 Å². The molecule has 4 nitrogen and oxygen atoms in total. The Bertz CT molecular complexity index is 381. The molecule has 106 valence electrons. The molecule has 0 atom stereocenters. The number of aromatic nitrogens is 2. The summed E-state index contributed by atoms with van der Waals surface area (Å²) in [6.45, 7) is 5.68. The van der Waals surface area contributed by atoms with E-state index in [0.717, 1.165) is 19.1 Å². The van der Waals surface area contributed by atoms with Crippen LogP contribution >= 0.6 is 0 Å². The molecule has 0 aromatic carbocycles. The summed E-state index contributed by atoms with van der Waals surface area (Å²) in [5, 5.41) is 3.73. The van der Waals surface area contributed by atoms with Crippen LogP contribution < -0.4 is 5.32 Å². The maximum absolute atomic E-state index is 4.41. The molecule has 4 heteroatoms. The van der Waals surface area contributed by atoms with E-state index in [0.29, 0.717) is 0 Å². The minimum Gasteiger partial charge on any atom is -0.333 e. The van der Waals surface area contributed by atoms with Crippen LogP contribution in [0.3, 0.4) is 0 Å². The average molecular weight is 262 g/mol. The van der Waals surface area contributed by atoms with E-state index < -0.39 is 0 Å². The van der Waals surface area contributed by atoms with Crippen molar-refractivity contribution in [1.82, 2.24) is 19.8 Å². The zero-order valence-electron chi connectivity index (χ0n) is 11.9. The lowest BCUT2D eigenvalue weighted by molar-refractivity contribution is 0.212. The SMILES string of the molecule is c1cn2c(n1)CN(CCCNC1CCCCC1)CC2. The van der Waals surface area contributed by atoms with E-state index in [4.69, 9.17) is 0 Å². The van der Waals surface area contributed by atoms with Crippen molar-refractivity contribution < 1.29 is 0 Å². The molecule has 19 heavy (non-hydrogen) atoms. The fourth-order valence-corrected chi connectivity index (χ4v) is 3.33. The molecule has 1 aliphatic carbocycles. The first-order chi connectivity index (χ1) is 9.42. The molecule has 1 aliphatic heterocycles. The largest absolute Gasteiger partial charge is 0.333 e. The van der Waals surface area contributed by atoms with Gasteiger partial charge in [-0.3, -0.25) is 4.90 Å². The summed E-state index contributed by atoms with van der Waals surface area (Å²) in [5.74, 6) is 1.23. The zero-order valence-corrected chi connectivity index (χ0v) is 11.9. The predicted octanol–water partition coefficient (Wildman–Crippen LogP) is 2.01. The molecule has 1 aromatic rings. The van der Waals surface area contributed by atoms with E-state index >= 15 is 0 Å². The molecule has 0 spiro atoms. The van der Waals surface area contributed by atoms with Crippen LogP contribution in [-0.2, 0) is 13.1 Å². The lowest BCUT2D eigenvalue weighted by atomic mass is 9.95. The molecule has 1 aromatic heterocycles. The Balaban J connectivity index is 1.32. The van der Waals surface area contributed by atoms with E-state index in [1.807, 2.05) is 6.20 Å². The molecular formula is C15H26N4. The van der Waals surface area contributed by atoms with Gasteiger partial charge in [-0.2, -0.15) is 0 Å². The summed E-state index contributed by atoms with van der Waals surface area (Å²) in [5.41, 5.74) is 0. The smallest absolute Gasteiger partial charge is 0.122 e. The molecule has 1 N–H and O–H groups in total. The number of rotatable bonds is 5. The highest BCUT2D eigenvalue weighted by atomic mass is 15.2. The maximum atomic E-state index is 4.41. The van der Waals surface area contributed by atoms with Gasteiger partial charge in [0.05, 0.1) is 6.54 Å². The van der Waals surface area contributed by atoms with Crippen molar-refractivity contribution in [2.24, 2.45) is 0 Å². The summed E-state index contributed by atoms with van der Waals surface area (Å²) in [7, 11) is 0. The minimum atomic E-state index is 0.800. The van der Waals surface area contributed by atoms with Crippen LogP contribution in [0.1, 0.15) is 44.3 Å². The first-order valence-corrected chi connectivity index (χ1v) is 7.87. The first kappa shape index (κ1) is 13.1. The van der Waals surface area contributed by atoms with Gasteiger partial charge in [-0.1, -0.05) is 19.3 Å². The highest BCUT2D eigenvalue weighted by Gasteiger charge is 2.16. The molecular weight excluding hydrogens is 236 g/mol. The van der Waals surface area contributed by atoms with E-state index in [9.17, 15) is 0 Å². The molecule has 2 heterocycles. The molecule has 1 fully saturated rings. The van der Waals surface area contributed by atoms with Gasteiger partial charge in [0.15, 0.2) is 0 Å². The molecule has 0 bridgehead atoms. The van der Waals surface area contributed by atoms with Crippen molar-refractivity contribution in [2.75, 3.05) is 19.6 Å². The summed E-state index contributed by atoms with van der Waals surface area (Å²) >= 11 is 0. The second-order valence-electron chi connectivity index (χ2n) is 5.96. The lowest BCUT2D eigenvalue weighted by Crippen LogP contribution is -2.37. The van der Waals surface area contributed by atoms with Crippen LogP contribution in [0.2, 0.25) is 0 Å². The monoisotopic (exact) mass is 262 g/mol. The third kappa shape index (κ3) is 3.57. The van der Waals surface area contributed by atoms with Gasteiger partial charge in [0.1, 0.15) is 5.82 Å². The van der Waals surface area contributed by atoms with Gasteiger partial charge < -0.3 is 9.88 Å². The van der Waals surface area contributed by atoms with Gasteiger partial charge in [-0.05, 0) is 32.4 Å². The fraction of sp³-hybridized carbons (Fsp3) is 0.800. The van der Waals surface area contributed by atoms with Crippen LogP contribution in [-0.4, -0.2) is 40.1 Å². The van der Waals surface area contributed by atoms with Crippen LogP contribution in [0, 0.1) is 0 Å². The highest BCUT2D eigenvalue weighted by Crippen LogP contribution is 2.17. The maximum Gasteiger partial charge on any atom is 0.122 e. The number of nitrogens with zero attached hydrogens (tertiary/aromatic N) is 3. The Kier molecular flexibility index (Phi) is 4.51. The van der Waals surface area contributed by atoms with Crippen molar-refractivity contribution in [3.05, 3.63) is 18.2 Å². The van der Waals surface area contributed by atoms with Crippen LogP contribution in [0.25, 0.3) is 0 Å². The Morgan fingerprint density at radius 2 is 2.11 bits per heavy atom. The Morgan fingerprint density at radius 1 is 1.21 bits per heavy atom. The van der Waals surface area contributed by atoms with Crippen molar-refractivity contribution in [1.29, 1.82) is 0 Å². The van der Waals surface area contributed by atoms with Crippen molar-refractivity contribution >= 4 is 0 Å². The number of nitrogens with one attached hydrogen (secondary N) is 1. The highest BCUT2D eigenvalue weighted by molar-refractivity contribution is 4.95. The average Bonchev–Trinajstić information content (AvgIpc) is 2.92. The summed E-state index contributed by atoms with van der Waals surface area (Å²) in [6, 6.07) is 0.800. The number of hydrogen-bond acceptors (Lipinski definition) is 3. The minimum absolute atomic E-state index is 0.800. The van der Waals surface area contributed by atoms with Gasteiger partial charge in [0.25, 0.3) is 0 Å². The summed E-state index contributed by atoms with van der Waals surface area (Å²) in [6.07, 6.45) is 12.3. The summed E-state index contributed by atoms with van der Waals surface area (Å²) < 4.78 is 2.27. The molecule has 3 rings (SSSR count). The molecule has 0 radical (unpaired) electrons.